The summed E-state index contributed by atoms with van der Waals surface area (Å²) in [5, 5.41) is 0. The third-order valence-corrected chi connectivity index (χ3v) is 4.50. The molecule has 2 fully saturated rings. The van der Waals surface area contributed by atoms with Crippen molar-refractivity contribution in [3.63, 3.8) is 0 Å². The second-order valence-corrected chi connectivity index (χ2v) is 5.88. The van der Waals surface area contributed by atoms with Crippen LogP contribution in [-0.4, -0.2) is 22.3 Å². The van der Waals surface area contributed by atoms with Crippen LogP contribution >= 0.6 is 12.2 Å². The predicted octanol–water partition coefficient (Wildman–Crippen LogP) is 3.58. The monoisotopic (exact) mass is 278 g/mol. The summed E-state index contributed by atoms with van der Waals surface area (Å²) in [6, 6.07) is 5.09. The van der Waals surface area contributed by atoms with Gasteiger partial charge in [-0.05, 0) is 55.6 Å². The van der Waals surface area contributed by atoms with Crippen molar-refractivity contribution in [2.24, 2.45) is 5.92 Å². The number of hydrogen-bond acceptors (Lipinski definition) is 2. The van der Waals surface area contributed by atoms with Crippen LogP contribution in [0.15, 0.2) is 18.2 Å². The highest BCUT2D eigenvalue weighted by atomic mass is 32.1. The Balaban J connectivity index is 1.85. The number of rotatable bonds is 2. The average molecular weight is 278 g/mol. The molecule has 1 saturated carbocycles. The van der Waals surface area contributed by atoms with Crippen LogP contribution < -0.4 is 0 Å². The zero-order chi connectivity index (χ0) is 13.0. The smallest absolute Gasteiger partial charge is 0.178 e. The van der Waals surface area contributed by atoms with Crippen LogP contribution in [0.25, 0.3) is 11.0 Å². The highest BCUT2D eigenvalue weighted by Crippen LogP contribution is 2.44. The minimum absolute atomic E-state index is 0.239. The topological polar surface area (TPSA) is 29.9 Å². The molecular formula is C14H15FN2OS. The van der Waals surface area contributed by atoms with Gasteiger partial charge in [-0.25, -0.2) is 4.39 Å². The van der Waals surface area contributed by atoms with E-state index in [4.69, 9.17) is 17.0 Å². The Morgan fingerprint density at radius 1 is 1.32 bits per heavy atom. The molecule has 1 aromatic carbocycles. The number of aromatic amines is 1. The fourth-order valence-corrected chi connectivity index (χ4v) is 3.53. The van der Waals surface area contributed by atoms with Gasteiger partial charge in [0.1, 0.15) is 5.82 Å². The maximum absolute atomic E-state index is 13.3. The number of nitrogens with one attached hydrogen (secondary N) is 1. The first-order valence-corrected chi connectivity index (χ1v) is 7.16. The van der Waals surface area contributed by atoms with E-state index in [-0.39, 0.29) is 11.9 Å². The van der Waals surface area contributed by atoms with Crippen LogP contribution in [0.4, 0.5) is 4.39 Å². The second kappa shape index (κ2) is 4.15. The molecule has 2 atom stereocenters. The number of H-pyrrole nitrogens is 1. The molecule has 0 amide bonds. The minimum Gasteiger partial charge on any atom is -0.376 e. The zero-order valence-corrected chi connectivity index (χ0v) is 11.3. The molecule has 19 heavy (non-hydrogen) atoms. The summed E-state index contributed by atoms with van der Waals surface area (Å²) in [4.78, 5) is 3.11. The summed E-state index contributed by atoms with van der Waals surface area (Å²) in [6.07, 6.45) is 3.77. The van der Waals surface area contributed by atoms with Gasteiger partial charge in [0.15, 0.2) is 4.77 Å². The lowest BCUT2D eigenvalue weighted by atomic mass is 10.1. The molecule has 1 saturated heterocycles. The molecule has 4 rings (SSSR count). The number of imidazole rings is 1. The van der Waals surface area contributed by atoms with Gasteiger partial charge in [0.2, 0.25) is 0 Å². The van der Waals surface area contributed by atoms with E-state index in [9.17, 15) is 4.39 Å². The highest BCUT2D eigenvalue weighted by Gasteiger charge is 2.42. The minimum atomic E-state index is -0.239. The van der Waals surface area contributed by atoms with Crippen LogP contribution in [0.5, 0.6) is 0 Å². The first-order valence-electron chi connectivity index (χ1n) is 6.75. The van der Waals surface area contributed by atoms with E-state index in [0.717, 1.165) is 24.1 Å². The Kier molecular flexibility index (Phi) is 2.53. The number of ether oxygens (including phenoxy) is 1. The van der Waals surface area contributed by atoms with E-state index < -0.39 is 0 Å². The number of nitrogens with zero attached hydrogens (tertiary/aromatic N) is 1. The third-order valence-electron chi connectivity index (χ3n) is 4.20. The van der Waals surface area contributed by atoms with Crippen molar-refractivity contribution in [3.8, 4) is 0 Å². The van der Waals surface area contributed by atoms with E-state index in [1.165, 1.54) is 25.0 Å². The summed E-state index contributed by atoms with van der Waals surface area (Å²) in [7, 11) is 0. The lowest BCUT2D eigenvalue weighted by molar-refractivity contribution is 0.0756. The molecule has 2 heterocycles. The normalized spacial score (nSPS) is 27.2. The molecule has 1 aliphatic carbocycles. The summed E-state index contributed by atoms with van der Waals surface area (Å²) < 4.78 is 22.0. The van der Waals surface area contributed by atoms with Crippen molar-refractivity contribution in [1.82, 2.24) is 9.55 Å². The Bertz CT molecular complexity index is 688. The fourth-order valence-electron chi connectivity index (χ4n) is 3.18. The number of fused-ring (bicyclic) bond motifs is 1. The van der Waals surface area contributed by atoms with Crippen LogP contribution in [-0.2, 0) is 4.74 Å². The van der Waals surface area contributed by atoms with Crippen LogP contribution in [0.2, 0.25) is 0 Å². The molecule has 0 bridgehead atoms. The molecule has 100 valence electrons. The Morgan fingerprint density at radius 2 is 2.16 bits per heavy atom. The fraction of sp³-hybridized carbons (Fsp3) is 0.500. The molecule has 5 heteroatoms. The summed E-state index contributed by atoms with van der Waals surface area (Å²) >= 11 is 5.42. The molecule has 2 aliphatic rings. The highest BCUT2D eigenvalue weighted by molar-refractivity contribution is 7.71. The average Bonchev–Trinajstić information content (AvgIpc) is 3.02. The molecule has 1 aliphatic heterocycles. The molecule has 2 aromatic rings. The first kappa shape index (κ1) is 11.6. The van der Waals surface area contributed by atoms with Crippen LogP contribution in [0, 0.1) is 16.5 Å². The van der Waals surface area contributed by atoms with Gasteiger partial charge in [-0.15, -0.1) is 0 Å². The van der Waals surface area contributed by atoms with Gasteiger partial charge in [-0.1, -0.05) is 0 Å². The molecule has 3 nitrogen and oxygen atoms in total. The molecule has 1 N–H and O–H groups in total. The third kappa shape index (κ3) is 1.83. The van der Waals surface area contributed by atoms with Crippen molar-refractivity contribution < 1.29 is 9.13 Å². The number of hydrogen-bond donors (Lipinski definition) is 1. The van der Waals surface area contributed by atoms with Crippen molar-refractivity contribution >= 4 is 23.3 Å². The van der Waals surface area contributed by atoms with Gasteiger partial charge in [0.25, 0.3) is 0 Å². The summed E-state index contributed by atoms with van der Waals surface area (Å²) in [5.41, 5.74) is 1.75. The molecule has 2 unspecified atom stereocenters. The predicted molar refractivity (Wildman–Crippen MR) is 73.2 cm³/mol. The maximum Gasteiger partial charge on any atom is 0.178 e. The first-order chi connectivity index (χ1) is 9.24. The lowest BCUT2D eigenvalue weighted by Gasteiger charge is -2.20. The van der Waals surface area contributed by atoms with Gasteiger partial charge < -0.3 is 14.3 Å². The molecule has 0 spiro atoms. The van der Waals surface area contributed by atoms with Crippen molar-refractivity contribution in [2.45, 2.75) is 31.4 Å². The number of halogens is 1. The molecule has 0 radical (unpaired) electrons. The van der Waals surface area contributed by atoms with Gasteiger partial charge >= 0.3 is 0 Å². The molecular weight excluding hydrogens is 263 g/mol. The Hall–Kier alpha value is -1.20. The summed E-state index contributed by atoms with van der Waals surface area (Å²) in [6.45, 7) is 0.793. The maximum atomic E-state index is 13.3. The van der Waals surface area contributed by atoms with E-state index in [0.29, 0.717) is 16.7 Å². The Labute approximate surface area is 115 Å². The van der Waals surface area contributed by atoms with Gasteiger partial charge in [0.05, 0.1) is 23.2 Å². The van der Waals surface area contributed by atoms with Gasteiger partial charge in [-0.3, -0.25) is 0 Å². The van der Waals surface area contributed by atoms with Crippen LogP contribution in [0.1, 0.15) is 25.3 Å². The second-order valence-electron chi connectivity index (χ2n) is 5.49. The van der Waals surface area contributed by atoms with Gasteiger partial charge in [0, 0.05) is 6.61 Å². The van der Waals surface area contributed by atoms with E-state index >= 15 is 0 Å². The van der Waals surface area contributed by atoms with E-state index in [1.807, 2.05) is 0 Å². The van der Waals surface area contributed by atoms with Crippen molar-refractivity contribution in [1.29, 1.82) is 0 Å². The molecule has 1 aromatic heterocycles. The number of benzene rings is 1. The SMILES string of the molecule is Fc1ccc2c(c1)[nH]c(=S)n2C1CCOC1C1CC1. The Morgan fingerprint density at radius 3 is 2.95 bits per heavy atom. The van der Waals surface area contributed by atoms with Crippen molar-refractivity contribution in [2.75, 3.05) is 6.61 Å². The van der Waals surface area contributed by atoms with E-state index in [1.54, 1.807) is 6.07 Å². The largest absolute Gasteiger partial charge is 0.376 e. The van der Waals surface area contributed by atoms with E-state index in [2.05, 4.69) is 9.55 Å². The standard InChI is InChI=1S/C14H15FN2OS/c15-9-3-4-11-10(7-9)16-14(19)17(11)12-5-6-18-13(12)8-1-2-8/h3-4,7-8,12-13H,1-2,5-6H2,(H,16,19). The van der Waals surface area contributed by atoms with Crippen molar-refractivity contribution in [3.05, 3.63) is 28.8 Å². The quantitative estimate of drug-likeness (QED) is 0.851. The van der Waals surface area contributed by atoms with Crippen LogP contribution in [0.3, 0.4) is 0 Å². The number of aromatic nitrogens is 2. The zero-order valence-electron chi connectivity index (χ0n) is 10.4. The summed E-state index contributed by atoms with van der Waals surface area (Å²) in [5.74, 6) is 0.442. The lowest BCUT2D eigenvalue weighted by Crippen LogP contribution is -2.22. The van der Waals surface area contributed by atoms with Gasteiger partial charge in [-0.2, -0.15) is 0 Å².